The topological polar surface area (TPSA) is 52.6 Å². The molecule has 0 bridgehead atoms. The Balaban J connectivity index is 1.45. The third-order valence-electron chi connectivity index (χ3n) is 4.81. The van der Waals surface area contributed by atoms with E-state index in [1.165, 1.54) is 24.3 Å². The lowest BCUT2D eigenvalue weighted by atomic mass is 9.98. The molecule has 0 aromatic carbocycles. The highest BCUT2D eigenvalue weighted by molar-refractivity contribution is 7.09. The van der Waals surface area contributed by atoms with Crippen LogP contribution in [0.1, 0.15) is 30.3 Å². The van der Waals surface area contributed by atoms with Gasteiger partial charge in [0, 0.05) is 55.9 Å². The SMILES string of the molecule is CCNC(=NCC1CCCN(Cc2cccs2)C1)NCCc1ccccn1. The Bertz CT molecular complexity index is 671. The van der Waals surface area contributed by atoms with Gasteiger partial charge >= 0.3 is 0 Å². The summed E-state index contributed by atoms with van der Waals surface area (Å²) in [6.45, 7) is 8.16. The third kappa shape index (κ3) is 6.96. The van der Waals surface area contributed by atoms with E-state index in [1.807, 2.05) is 29.7 Å². The predicted molar refractivity (Wildman–Crippen MR) is 114 cm³/mol. The zero-order chi connectivity index (χ0) is 18.7. The fourth-order valence-corrected chi connectivity index (χ4v) is 4.23. The van der Waals surface area contributed by atoms with Crippen LogP contribution in [0.2, 0.25) is 0 Å². The van der Waals surface area contributed by atoms with Gasteiger partial charge < -0.3 is 10.6 Å². The molecule has 1 atom stereocenters. The second-order valence-corrected chi connectivity index (χ2v) is 8.07. The number of likely N-dealkylation sites (tertiary alicyclic amines) is 1. The van der Waals surface area contributed by atoms with Gasteiger partial charge in [0.1, 0.15) is 0 Å². The van der Waals surface area contributed by atoms with Gasteiger partial charge in [-0.25, -0.2) is 0 Å². The van der Waals surface area contributed by atoms with Crippen molar-refractivity contribution in [3.05, 3.63) is 52.5 Å². The first-order valence-corrected chi connectivity index (χ1v) is 10.9. The van der Waals surface area contributed by atoms with Gasteiger partial charge in [-0.2, -0.15) is 0 Å². The van der Waals surface area contributed by atoms with Crippen LogP contribution in [-0.4, -0.2) is 48.6 Å². The van der Waals surface area contributed by atoms with Crippen molar-refractivity contribution in [1.29, 1.82) is 0 Å². The first-order valence-electron chi connectivity index (χ1n) is 10.0. The van der Waals surface area contributed by atoms with Gasteiger partial charge in [0.25, 0.3) is 0 Å². The number of thiophene rings is 1. The molecular weight excluding hydrogens is 354 g/mol. The third-order valence-corrected chi connectivity index (χ3v) is 5.68. The summed E-state index contributed by atoms with van der Waals surface area (Å²) in [4.78, 5) is 13.3. The summed E-state index contributed by atoms with van der Waals surface area (Å²) in [7, 11) is 0. The summed E-state index contributed by atoms with van der Waals surface area (Å²) in [6, 6.07) is 10.4. The Morgan fingerprint density at radius 2 is 2.26 bits per heavy atom. The molecule has 1 aliphatic heterocycles. The molecule has 2 aromatic rings. The highest BCUT2D eigenvalue weighted by Crippen LogP contribution is 2.20. The van der Waals surface area contributed by atoms with E-state index in [4.69, 9.17) is 4.99 Å². The average Bonchev–Trinajstić information content (AvgIpc) is 3.20. The molecule has 2 N–H and O–H groups in total. The largest absolute Gasteiger partial charge is 0.357 e. The average molecular weight is 386 g/mol. The summed E-state index contributed by atoms with van der Waals surface area (Å²) in [5.41, 5.74) is 1.11. The van der Waals surface area contributed by atoms with Crippen molar-refractivity contribution >= 4 is 17.3 Å². The Kier molecular flexibility index (Phi) is 8.11. The number of piperidine rings is 1. The summed E-state index contributed by atoms with van der Waals surface area (Å²) in [6.07, 6.45) is 5.30. The van der Waals surface area contributed by atoms with Crippen LogP contribution in [0, 0.1) is 5.92 Å². The predicted octanol–water partition coefficient (Wildman–Crippen LogP) is 3.15. The number of aromatic nitrogens is 1. The van der Waals surface area contributed by atoms with Crippen molar-refractivity contribution in [3.63, 3.8) is 0 Å². The lowest BCUT2D eigenvalue weighted by molar-refractivity contribution is 0.172. The Hall–Kier alpha value is -1.92. The summed E-state index contributed by atoms with van der Waals surface area (Å²) in [5.74, 6) is 1.56. The number of nitrogens with zero attached hydrogens (tertiary/aromatic N) is 3. The van der Waals surface area contributed by atoms with Crippen LogP contribution in [0.3, 0.4) is 0 Å². The lowest BCUT2D eigenvalue weighted by Crippen LogP contribution is -2.40. The van der Waals surface area contributed by atoms with Crippen molar-refractivity contribution < 1.29 is 0 Å². The van der Waals surface area contributed by atoms with E-state index in [9.17, 15) is 0 Å². The van der Waals surface area contributed by atoms with Gasteiger partial charge in [0.05, 0.1) is 0 Å². The molecule has 2 aromatic heterocycles. The molecule has 0 saturated carbocycles. The van der Waals surface area contributed by atoms with E-state index in [2.05, 4.69) is 51.0 Å². The number of nitrogens with one attached hydrogen (secondary N) is 2. The standard InChI is InChI=1S/C21H31N5S/c1-2-22-21(24-12-10-19-8-3-4-11-23-19)25-15-18-7-5-13-26(16-18)17-20-9-6-14-27-20/h3-4,6,8-9,11,14,18H,2,5,7,10,12-13,15-17H2,1H3,(H2,22,24,25). The number of guanidine groups is 1. The molecule has 1 saturated heterocycles. The molecule has 1 fully saturated rings. The molecule has 5 nitrogen and oxygen atoms in total. The van der Waals surface area contributed by atoms with Gasteiger partial charge in [-0.15, -0.1) is 11.3 Å². The van der Waals surface area contributed by atoms with Crippen LogP contribution in [0.25, 0.3) is 0 Å². The monoisotopic (exact) mass is 385 g/mol. The number of hydrogen-bond acceptors (Lipinski definition) is 4. The summed E-state index contributed by atoms with van der Waals surface area (Å²) >= 11 is 1.86. The van der Waals surface area contributed by atoms with Crippen molar-refractivity contribution in [2.45, 2.75) is 32.7 Å². The van der Waals surface area contributed by atoms with Crippen LogP contribution >= 0.6 is 11.3 Å². The molecule has 1 unspecified atom stereocenters. The van der Waals surface area contributed by atoms with E-state index in [1.54, 1.807) is 0 Å². The fourth-order valence-electron chi connectivity index (χ4n) is 3.48. The molecule has 1 aliphatic rings. The minimum atomic E-state index is 0.643. The minimum absolute atomic E-state index is 0.643. The smallest absolute Gasteiger partial charge is 0.191 e. The highest BCUT2D eigenvalue weighted by Gasteiger charge is 2.20. The molecule has 27 heavy (non-hydrogen) atoms. The Labute approximate surface area is 166 Å². The zero-order valence-corrected chi connectivity index (χ0v) is 17.0. The van der Waals surface area contributed by atoms with Gasteiger partial charge in [-0.05, 0) is 55.8 Å². The number of pyridine rings is 1. The van der Waals surface area contributed by atoms with Crippen LogP contribution in [-0.2, 0) is 13.0 Å². The van der Waals surface area contributed by atoms with Crippen LogP contribution in [0.5, 0.6) is 0 Å². The number of aliphatic imine (C=N–C) groups is 1. The second-order valence-electron chi connectivity index (χ2n) is 7.04. The fraction of sp³-hybridized carbons (Fsp3) is 0.524. The van der Waals surface area contributed by atoms with Crippen molar-refractivity contribution in [3.8, 4) is 0 Å². The first-order chi connectivity index (χ1) is 13.3. The Morgan fingerprint density at radius 1 is 1.30 bits per heavy atom. The molecule has 0 aliphatic carbocycles. The van der Waals surface area contributed by atoms with E-state index >= 15 is 0 Å². The van der Waals surface area contributed by atoms with Crippen molar-refractivity contribution in [1.82, 2.24) is 20.5 Å². The second kappa shape index (κ2) is 11.0. The lowest BCUT2D eigenvalue weighted by Gasteiger charge is -2.31. The maximum Gasteiger partial charge on any atom is 0.191 e. The maximum atomic E-state index is 4.85. The van der Waals surface area contributed by atoms with Crippen molar-refractivity contribution in [2.24, 2.45) is 10.9 Å². The molecule has 0 radical (unpaired) electrons. The maximum absolute atomic E-state index is 4.85. The molecule has 6 heteroatoms. The van der Waals surface area contributed by atoms with Crippen molar-refractivity contribution in [2.75, 3.05) is 32.7 Å². The van der Waals surface area contributed by atoms with Gasteiger partial charge in [0.15, 0.2) is 5.96 Å². The summed E-state index contributed by atoms with van der Waals surface area (Å²) in [5, 5.41) is 8.97. The van der Waals surface area contributed by atoms with Crippen LogP contribution in [0.15, 0.2) is 46.9 Å². The Morgan fingerprint density at radius 3 is 3.04 bits per heavy atom. The van der Waals surface area contributed by atoms with Gasteiger partial charge in [-0.3, -0.25) is 14.9 Å². The highest BCUT2D eigenvalue weighted by atomic mass is 32.1. The summed E-state index contributed by atoms with van der Waals surface area (Å²) < 4.78 is 0. The normalized spacial score (nSPS) is 18.4. The number of hydrogen-bond donors (Lipinski definition) is 2. The van der Waals surface area contributed by atoms with E-state index in [0.29, 0.717) is 5.92 Å². The molecule has 0 amide bonds. The van der Waals surface area contributed by atoms with E-state index < -0.39 is 0 Å². The van der Waals surface area contributed by atoms with Crippen LogP contribution < -0.4 is 10.6 Å². The van der Waals surface area contributed by atoms with E-state index in [0.717, 1.165) is 50.8 Å². The molecule has 0 spiro atoms. The molecule has 3 rings (SSSR count). The quantitative estimate of drug-likeness (QED) is 0.541. The van der Waals surface area contributed by atoms with Gasteiger partial charge in [0.2, 0.25) is 0 Å². The molecule has 146 valence electrons. The van der Waals surface area contributed by atoms with Gasteiger partial charge in [-0.1, -0.05) is 12.1 Å². The van der Waals surface area contributed by atoms with E-state index in [-0.39, 0.29) is 0 Å². The molecule has 3 heterocycles. The molecular formula is C21H31N5S. The first kappa shape index (κ1) is 19.8. The number of rotatable bonds is 8. The van der Waals surface area contributed by atoms with Crippen LogP contribution in [0.4, 0.5) is 0 Å². The zero-order valence-electron chi connectivity index (χ0n) is 16.2. The minimum Gasteiger partial charge on any atom is -0.357 e.